The molecule has 0 saturated carbocycles. The second-order valence-corrected chi connectivity index (χ2v) is 5.23. The quantitative estimate of drug-likeness (QED) is 0.737. The standard InChI is InChI=1S/C12H15N5O4/c1-12(2,3)21-11(20)17-10-15-8-7(9(19)16-10)14-6(5-18)4-13-8/h4,18H,5H2,1-3H3,(H2,13,15,16,17,19,20). The lowest BCUT2D eigenvalue weighted by Crippen LogP contribution is -2.28. The number of aromatic nitrogens is 4. The van der Waals surface area contributed by atoms with Crippen LogP contribution in [-0.2, 0) is 11.3 Å². The maximum atomic E-state index is 11.9. The van der Waals surface area contributed by atoms with E-state index in [9.17, 15) is 9.59 Å². The second-order valence-electron chi connectivity index (χ2n) is 5.23. The number of ether oxygens (including phenoxy) is 1. The molecule has 0 bridgehead atoms. The summed E-state index contributed by atoms with van der Waals surface area (Å²) in [6.07, 6.45) is 0.552. The lowest BCUT2D eigenvalue weighted by atomic mass is 10.2. The fourth-order valence-electron chi connectivity index (χ4n) is 1.49. The first kappa shape index (κ1) is 14.9. The van der Waals surface area contributed by atoms with Gasteiger partial charge in [-0.15, -0.1) is 0 Å². The molecule has 0 aliphatic rings. The topological polar surface area (TPSA) is 130 Å². The van der Waals surface area contributed by atoms with E-state index in [-0.39, 0.29) is 29.4 Å². The van der Waals surface area contributed by atoms with Crippen molar-refractivity contribution < 1.29 is 14.6 Å². The Morgan fingerprint density at radius 1 is 1.43 bits per heavy atom. The molecular weight excluding hydrogens is 278 g/mol. The number of carbonyl (C=O) groups is 1. The number of aliphatic hydroxyl groups is 1. The summed E-state index contributed by atoms with van der Waals surface area (Å²) >= 11 is 0. The van der Waals surface area contributed by atoms with Gasteiger partial charge in [0.1, 0.15) is 5.60 Å². The van der Waals surface area contributed by atoms with Crippen molar-refractivity contribution in [2.45, 2.75) is 33.0 Å². The summed E-state index contributed by atoms with van der Waals surface area (Å²) in [5.74, 6) is -0.0900. The van der Waals surface area contributed by atoms with Gasteiger partial charge in [-0.1, -0.05) is 0 Å². The molecule has 0 spiro atoms. The summed E-state index contributed by atoms with van der Waals surface area (Å²) in [4.78, 5) is 37.6. The molecule has 2 aromatic heterocycles. The Morgan fingerprint density at radius 3 is 2.76 bits per heavy atom. The van der Waals surface area contributed by atoms with Crippen LogP contribution in [0.2, 0.25) is 0 Å². The first-order chi connectivity index (χ1) is 9.78. The summed E-state index contributed by atoms with van der Waals surface area (Å²) in [7, 11) is 0. The van der Waals surface area contributed by atoms with E-state index in [1.807, 2.05) is 0 Å². The average molecular weight is 293 g/mol. The molecule has 0 aliphatic carbocycles. The molecule has 0 radical (unpaired) electrons. The van der Waals surface area contributed by atoms with Gasteiger partial charge < -0.3 is 9.84 Å². The van der Waals surface area contributed by atoms with Gasteiger partial charge in [0.15, 0.2) is 11.2 Å². The van der Waals surface area contributed by atoms with E-state index >= 15 is 0 Å². The largest absolute Gasteiger partial charge is 0.444 e. The number of H-pyrrole nitrogens is 1. The predicted molar refractivity (Wildman–Crippen MR) is 73.7 cm³/mol. The van der Waals surface area contributed by atoms with E-state index in [1.165, 1.54) is 6.20 Å². The molecule has 0 saturated heterocycles. The summed E-state index contributed by atoms with van der Waals surface area (Å²) < 4.78 is 5.05. The van der Waals surface area contributed by atoms with Crippen LogP contribution in [-0.4, -0.2) is 36.7 Å². The van der Waals surface area contributed by atoms with Crippen molar-refractivity contribution in [3.05, 3.63) is 22.2 Å². The molecule has 2 heterocycles. The smallest absolute Gasteiger partial charge is 0.414 e. The molecule has 0 aromatic carbocycles. The number of anilines is 1. The first-order valence-corrected chi connectivity index (χ1v) is 6.15. The van der Waals surface area contributed by atoms with Gasteiger partial charge in [-0.25, -0.2) is 14.8 Å². The molecule has 1 amide bonds. The zero-order valence-corrected chi connectivity index (χ0v) is 11.8. The van der Waals surface area contributed by atoms with Gasteiger partial charge in [0.25, 0.3) is 5.56 Å². The number of fused-ring (bicyclic) bond motifs is 1. The van der Waals surface area contributed by atoms with Crippen LogP contribution in [0.25, 0.3) is 11.2 Å². The Bertz CT molecular complexity index is 734. The third kappa shape index (κ3) is 3.72. The lowest BCUT2D eigenvalue weighted by molar-refractivity contribution is 0.0634. The number of aliphatic hydroxyl groups excluding tert-OH is 1. The van der Waals surface area contributed by atoms with Gasteiger partial charge >= 0.3 is 6.09 Å². The Labute approximate surface area is 119 Å². The number of hydrogen-bond acceptors (Lipinski definition) is 7. The fraction of sp³-hybridized carbons (Fsp3) is 0.417. The number of amides is 1. The first-order valence-electron chi connectivity index (χ1n) is 6.15. The van der Waals surface area contributed by atoms with Crippen LogP contribution < -0.4 is 10.9 Å². The van der Waals surface area contributed by atoms with E-state index in [0.717, 1.165) is 0 Å². The highest BCUT2D eigenvalue weighted by molar-refractivity contribution is 5.83. The van der Waals surface area contributed by atoms with Crippen molar-refractivity contribution in [3.8, 4) is 0 Å². The van der Waals surface area contributed by atoms with Gasteiger partial charge in [0.05, 0.1) is 18.5 Å². The Hall–Kier alpha value is -2.55. The van der Waals surface area contributed by atoms with Crippen LogP contribution in [0.1, 0.15) is 26.5 Å². The third-order valence-corrected chi connectivity index (χ3v) is 2.25. The number of rotatable bonds is 2. The Kier molecular flexibility index (Phi) is 3.85. The van der Waals surface area contributed by atoms with Gasteiger partial charge in [0.2, 0.25) is 5.95 Å². The molecule has 0 aliphatic heterocycles. The normalized spacial score (nSPS) is 11.4. The molecule has 9 heteroatoms. The fourth-order valence-corrected chi connectivity index (χ4v) is 1.49. The second kappa shape index (κ2) is 5.44. The predicted octanol–water partition coefficient (Wildman–Crippen LogP) is 0.552. The molecule has 2 rings (SSSR count). The average Bonchev–Trinajstić information content (AvgIpc) is 2.36. The van der Waals surface area contributed by atoms with E-state index in [1.54, 1.807) is 20.8 Å². The summed E-state index contributed by atoms with van der Waals surface area (Å²) in [6.45, 7) is 4.81. The number of nitrogens with one attached hydrogen (secondary N) is 2. The summed E-state index contributed by atoms with van der Waals surface area (Å²) in [5.41, 5.74) is -0.952. The van der Waals surface area contributed by atoms with E-state index in [0.29, 0.717) is 0 Å². The van der Waals surface area contributed by atoms with Crippen molar-refractivity contribution in [3.63, 3.8) is 0 Å². The van der Waals surface area contributed by atoms with E-state index in [4.69, 9.17) is 9.84 Å². The van der Waals surface area contributed by atoms with Crippen molar-refractivity contribution >= 4 is 23.2 Å². The third-order valence-electron chi connectivity index (χ3n) is 2.25. The van der Waals surface area contributed by atoms with Crippen LogP contribution in [0.3, 0.4) is 0 Å². The monoisotopic (exact) mass is 293 g/mol. The highest BCUT2D eigenvalue weighted by Crippen LogP contribution is 2.09. The van der Waals surface area contributed by atoms with Crippen LogP contribution in [0.15, 0.2) is 11.0 Å². The maximum absolute atomic E-state index is 11.9. The molecule has 3 N–H and O–H groups in total. The molecule has 9 nitrogen and oxygen atoms in total. The highest BCUT2D eigenvalue weighted by atomic mass is 16.6. The lowest BCUT2D eigenvalue weighted by Gasteiger charge is -2.19. The number of nitrogens with zero attached hydrogens (tertiary/aromatic N) is 3. The molecular formula is C12H15N5O4. The molecule has 0 fully saturated rings. The molecule has 112 valence electrons. The molecule has 0 unspecified atom stereocenters. The van der Waals surface area contributed by atoms with Gasteiger partial charge in [0, 0.05) is 0 Å². The van der Waals surface area contributed by atoms with Crippen molar-refractivity contribution in [1.82, 2.24) is 19.9 Å². The minimum atomic E-state index is -0.745. The van der Waals surface area contributed by atoms with Crippen LogP contribution in [0.5, 0.6) is 0 Å². The van der Waals surface area contributed by atoms with Gasteiger partial charge in [-0.3, -0.25) is 15.1 Å². The number of hydrogen-bond donors (Lipinski definition) is 3. The zero-order chi connectivity index (χ0) is 15.6. The van der Waals surface area contributed by atoms with Crippen LogP contribution in [0.4, 0.5) is 10.7 Å². The molecule has 21 heavy (non-hydrogen) atoms. The minimum Gasteiger partial charge on any atom is -0.444 e. The van der Waals surface area contributed by atoms with Crippen LogP contribution in [0, 0.1) is 0 Å². The zero-order valence-electron chi connectivity index (χ0n) is 11.8. The van der Waals surface area contributed by atoms with E-state index < -0.39 is 17.3 Å². The van der Waals surface area contributed by atoms with Gasteiger partial charge in [-0.2, -0.15) is 4.98 Å². The number of carbonyl (C=O) groups excluding carboxylic acids is 1. The number of aromatic amines is 1. The minimum absolute atomic E-state index is 0.0173. The Morgan fingerprint density at radius 2 is 2.14 bits per heavy atom. The van der Waals surface area contributed by atoms with E-state index in [2.05, 4.69) is 25.3 Å². The molecule has 2 aromatic rings. The van der Waals surface area contributed by atoms with Crippen molar-refractivity contribution in [1.29, 1.82) is 0 Å². The summed E-state index contributed by atoms with van der Waals surface area (Å²) in [6, 6.07) is 0. The van der Waals surface area contributed by atoms with Crippen molar-refractivity contribution in [2.75, 3.05) is 5.32 Å². The SMILES string of the molecule is CC(C)(C)OC(=O)Nc1nc2ncc(CO)nc2c(=O)[nH]1. The van der Waals surface area contributed by atoms with Crippen LogP contribution >= 0.6 is 0 Å². The maximum Gasteiger partial charge on any atom is 0.414 e. The van der Waals surface area contributed by atoms with Gasteiger partial charge in [-0.05, 0) is 20.8 Å². The Balaban J connectivity index is 2.31. The summed E-state index contributed by atoms with van der Waals surface area (Å²) in [5, 5.41) is 11.3. The molecule has 0 atom stereocenters. The highest BCUT2D eigenvalue weighted by Gasteiger charge is 2.17. The van der Waals surface area contributed by atoms with Crippen molar-refractivity contribution in [2.24, 2.45) is 0 Å².